The van der Waals surface area contributed by atoms with Gasteiger partial charge < -0.3 is 10.6 Å². The number of hydrogen-bond donors (Lipinski definition) is 1. The fourth-order valence-electron chi connectivity index (χ4n) is 2.43. The summed E-state index contributed by atoms with van der Waals surface area (Å²) < 4.78 is 0. The van der Waals surface area contributed by atoms with E-state index in [1.165, 1.54) is 5.56 Å². The molecule has 0 radical (unpaired) electrons. The Morgan fingerprint density at radius 2 is 2.15 bits per heavy atom. The standard InChI is InChI=1S/C16H19N3S/c1-11(2)12-3-5-13(6-4-12)15-10-20-16(18-15)19-8-7-14(17)9-19/h3-6,10,14H,1,7-9,17H2,2H3. The first-order valence-electron chi connectivity index (χ1n) is 6.86. The molecule has 104 valence electrons. The summed E-state index contributed by atoms with van der Waals surface area (Å²) in [5.74, 6) is 0. The lowest BCUT2D eigenvalue weighted by Crippen LogP contribution is -2.26. The van der Waals surface area contributed by atoms with Crippen molar-refractivity contribution in [3.8, 4) is 11.3 Å². The van der Waals surface area contributed by atoms with E-state index in [-0.39, 0.29) is 6.04 Å². The SMILES string of the molecule is C=C(C)c1ccc(-c2csc(N3CCC(N)C3)n2)cc1. The highest BCUT2D eigenvalue weighted by molar-refractivity contribution is 7.14. The Hall–Kier alpha value is -1.65. The van der Waals surface area contributed by atoms with Crippen LogP contribution in [0.15, 0.2) is 36.2 Å². The maximum Gasteiger partial charge on any atom is 0.185 e. The first-order chi connectivity index (χ1) is 9.63. The molecule has 0 aliphatic carbocycles. The van der Waals surface area contributed by atoms with E-state index in [4.69, 9.17) is 10.7 Å². The second kappa shape index (κ2) is 5.38. The molecule has 1 aromatic heterocycles. The maximum absolute atomic E-state index is 5.95. The molecular weight excluding hydrogens is 266 g/mol. The van der Waals surface area contributed by atoms with Gasteiger partial charge in [-0.3, -0.25) is 0 Å². The van der Waals surface area contributed by atoms with Gasteiger partial charge in [0.2, 0.25) is 0 Å². The fraction of sp³-hybridized carbons (Fsp3) is 0.312. The van der Waals surface area contributed by atoms with Crippen LogP contribution in [0.5, 0.6) is 0 Å². The molecule has 1 fully saturated rings. The quantitative estimate of drug-likeness (QED) is 0.940. The van der Waals surface area contributed by atoms with Gasteiger partial charge in [0, 0.05) is 30.1 Å². The molecule has 2 heterocycles. The van der Waals surface area contributed by atoms with Gasteiger partial charge in [0.25, 0.3) is 0 Å². The van der Waals surface area contributed by atoms with Crippen LogP contribution in [0, 0.1) is 0 Å². The van der Waals surface area contributed by atoms with Gasteiger partial charge in [-0.2, -0.15) is 0 Å². The highest BCUT2D eigenvalue weighted by atomic mass is 32.1. The molecule has 4 heteroatoms. The molecule has 1 saturated heterocycles. The van der Waals surface area contributed by atoms with Crippen LogP contribution in [0.2, 0.25) is 0 Å². The van der Waals surface area contributed by atoms with Crippen molar-refractivity contribution in [3.63, 3.8) is 0 Å². The van der Waals surface area contributed by atoms with Crippen molar-refractivity contribution >= 4 is 22.0 Å². The van der Waals surface area contributed by atoms with Crippen LogP contribution in [0.1, 0.15) is 18.9 Å². The van der Waals surface area contributed by atoms with E-state index in [2.05, 4.69) is 41.1 Å². The van der Waals surface area contributed by atoms with Crippen molar-refractivity contribution in [2.24, 2.45) is 5.73 Å². The summed E-state index contributed by atoms with van der Waals surface area (Å²) >= 11 is 1.70. The third-order valence-electron chi connectivity index (χ3n) is 3.66. The lowest BCUT2D eigenvalue weighted by Gasteiger charge is -2.13. The minimum Gasteiger partial charge on any atom is -0.346 e. The largest absolute Gasteiger partial charge is 0.346 e. The topological polar surface area (TPSA) is 42.1 Å². The van der Waals surface area contributed by atoms with Crippen LogP contribution in [-0.2, 0) is 0 Å². The van der Waals surface area contributed by atoms with E-state index >= 15 is 0 Å². The Morgan fingerprint density at radius 3 is 2.75 bits per heavy atom. The number of allylic oxidation sites excluding steroid dienone is 1. The first-order valence-corrected chi connectivity index (χ1v) is 7.74. The molecule has 20 heavy (non-hydrogen) atoms. The van der Waals surface area contributed by atoms with Crippen molar-refractivity contribution in [1.82, 2.24) is 4.98 Å². The van der Waals surface area contributed by atoms with E-state index in [0.29, 0.717) is 0 Å². The smallest absolute Gasteiger partial charge is 0.185 e. The fourth-order valence-corrected chi connectivity index (χ4v) is 3.30. The predicted molar refractivity (Wildman–Crippen MR) is 87.1 cm³/mol. The van der Waals surface area contributed by atoms with E-state index in [1.54, 1.807) is 11.3 Å². The van der Waals surface area contributed by atoms with Crippen LogP contribution in [0.4, 0.5) is 5.13 Å². The summed E-state index contributed by atoms with van der Waals surface area (Å²) in [5, 5.41) is 3.20. The number of rotatable bonds is 3. The number of nitrogens with two attached hydrogens (primary N) is 1. The van der Waals surface area contributed by atoms with E-state index in [9.17, 15) is 0 Å². The summed E-state index contributed by atoms with van der Waals surface area (Å²) in [7, 11) is 0. The van der Waals surface area contributed by atoms with Gasteiger partial charge in [-0.1, -0.05) is 36.4 Å². The Balaban J connectivity index is 1.81. The third kappa shape index (κ3) is 2.62. The average Bonchev–Trinajstić information content (AvgIpc) is 3.07. The van der Waals surface area contributed by atoms with Crippen LogP contribution >= 0.6 is 11.3 Å². The van der Waals surface area contributed by atoms with Crippen molar-refractivity contribution in [2.45, 2.75) is 19.4 Å². The number of benzene rings is 1. The molecule has 0 amide bonds. The van der Waals surface area contributed by atoms with Crippen LogP contribution in [0.25, 0.3) is 16.8 Å². The summed E-state index contributed by atoms with van der Waals surface area (Å²) in [6.45, 7) is 7.91. The molecule has 3 nitrogen and oxygen atoms in total. The number of hydrogen-bond acceptors (Lipinski definition) is 4. The Bertz CT molecular complexity index is 615. The summed E-state index contributed by atoms with van der Waals surface area (Å²) in [5.41, 5.74) is 10.4. The normalized spacial score (nSPS) is 18.5. The Kier molecular flexibility index (Phi) is 3.59. The van der Waals surface area contributed by atoms with Gasteiger partial charge in [-0.05, 0) is 18.9 Å². The van der Waals surface area contributed by atoms with Gasteiger partial charge in [-0.15, -0.1) is 11.3 Å². The lowest BCUT2D eigenvalue weighted by atomic mass is 10.1. The van der Waals surface area contributed by atoms with Crippen molar-refractivity contribution in [1.29, 1.82) is 0 Å². The van der Waals surface area contributed by atoms with Gasteiger partial charge in [0.1, 0.15) is 0 Å². The number of aromatic nitrogens is 1. The number of nitrogens with zero attached hydrogens (tertiary/aromatic N) is 2. The van der Waals surface area contributed by atoms with Gasteiger partial charge in [-0.25, -0.2) is 4.98 Å². The minimum atomic E-state index is 0.289. The second-order valence-corrected chi connectivity index (χ2v) is 6.20. The molecule has 1 aromatic carbocycles. The molecule has 1 atom stereocenters. The Morgan fingerprint density at radius 1 is 1.40 bits per heavy atom. The van der Waals surface area contributed by atoms with Crippen LogP contribution < -0.4 is 10.6 Å². The lowest BCUT2D eigenvalue weighted by molar-refractivity contribution is 0.752. The zero-order valence-corrected chi connectivity index (χ0v) is 12.5. The molecule has 3 rings (SSSR count). The zero-order valence-electron chi connectivity index (χ0n) is 11.7. The van der Waals surface area contributed by atoms with E-state index in [0.717, 1.165) is 41.5 Å². The van der Waals surface area contributed by atoms with Gasteiger partial charge >= 0.3 is 0 Å². The molecule has 0 bridgehead atoms. The van der Waals surface area contributed by atoms with Crippen molar-refractivity contribution < 1.29 is 0 Å². The third-order valence-corrected chi connectivity index (χ3v) is 4.56. The molecule has 2 N–H and O–H groups in total. The minimum absolute atomic E-state index is 0.289. The van der Waals surface area contributed by atoms with Crippen LogP contribution in [0.3, 0.4) is 0 Å². The molecule has 0 saturated carbocycles. The highest BCUT2D eigenvalue weighted by Gasteiger charge is 2.21. The van der Waals surface area contributed by atoms with Crippen molar-refractivity contribution in [2.75, 3.05) is 18.0 Å². The second-order valence-electron chi connectivity index (χ2n) is 5.37. The predicted octanol–water partition coefficient (Wildman–Crippen LogP) is 3.38. The molecule has 0 spiro atoms. The molecule has 1 aliphatic rings. The van der Waals surface area contributed by atoms with E-state index in [1.807, 2.05) is 6.92 Å². The van der Waals surface area contributed by atoms with Crippen LogP contribution in [-0.4, -0.2) is 24.1 Å². The maximum atomic E-state index is 5.95. The van der Waals surface area contributed by atoms with Crippen molar-refractivity contribution in [3.05, 3.63) is 41.8 Å². The highest BCUT2D eigenvalue weighted by Crippen LogP contribution is 2.29. The summed E-state index contributed by atoms with van der Waals surface area (Å²) in [4.78, 5) is 7.02. The number of anilines is 1. The van der Waals surface area contributed by atoms with E-state index < -0.39 is 0 Å². The zero-order chi connectivity index (χ0) is 14.1. The first kappa shape index (κ1) is 13.3. The monoisotopic (exact) mass is 285 g/mol. The molecule has 2 aromatic rings. The van der Waals surface area contributed by atoms with Gasteiger partial charge in [0.15, 0.2) is 5.13 Å². The molecular formula is C16H19N3S. The Labute approximate surface area is 123 Å². The summed E-state index contributed by atoms with van der Waals surface area (Å²) in [6.07, 6.45) is 1.06. The average molecular weight is 285 g/mol. The summed E-state index contributed by atoms with van der Waals surface area (Å²) in [6, 6.07) is 8.71. The number of thiazole rings is 1. The molecule has 1 aliphatic heterocycles. The van der Waals surface area contributed by atoms with Gasteiger partial charge in [0.05, 0.1) is 5.69 Å². The molecule has 1 unspecified atom stereocenters.